The Morgan fingerprint density at radius 1 is 1.09 bits per heavy atom. The molecule has 0 aliphatic heterocycles. The summed E-state index contributed by atoms with van der Waals surface area (Å²) in [5.74, 6) is -1.42. The first-order valence-corrected chi connectivity index (χ1v) is 6.37. The number of alkyl halides is 3. The fourth-order valence-electron chi connectivity index (χ4n) is 2.11. The molecule has 120 valence electrons. The zero-order valence-electron chi connectivity index (χ0n) is 11.6. The lowest BCUT2D eigenvalue weighted by Crippen LogP contribution is -2.04. The van der Waals surface area contributed by atoms with Gasteiger partial charge in [-0.25, -0.2) is 13.8 Å². The normalized spacial score (nSPS) is 11.9. The first-order chi connectivity index (χ1) is 10.8. The number of rotatable bonds is 2. The number of aromatic amines is 1. The van der Waals surface area contributed by atoms with Crippen molar-refractivity contribution in [2.75, 3.05) is 0 Å². The lowest BCUT2D eigenvalue weighted by Gasteiger charge is -1.99. The van der Waals surface area contributed by atoms with Crippen LogP contribution >= 0.6 is 0 Å². The molecule has 3 rings (SSSR count). The third-order valence-corrected chi connectivity index (χ3v) is 3.20. The molecule has 1 aromatic carbocycles. The molecule has 0 aliphatic rings. The molecule has 1 N–H and O–H groups in total. The van der Waals surface area contributed by atoms with Gasteiger partial charge >= 0.3 is 6.18 Å². The number of hydrogen-bond acceptors (Lipinski definition) is 2. The van der Waals surface area contributed by atoms with Crippen molar-refractivity contribution in [2.24, 2.45) is 7.05 Å². The van der Waals surface area contributed by atoms with Gasteiger partial charge in [0, 0.05) is 24.9 Å². The number of H-pyrrole nitrogens is 1. The number of aromatic nitrogens is 4. The van der Waals surface area contributed by atoms with E-state index < -0.39 is 23.5 Å². The highest BCUT2D eigenvalue weighted by Gasteiger charge is 2.33. The lowest BCUT2D eigenvalue weighted by atomic mass is 10.1. The minimum Gasteiger partial charge on any atom is -0.332 e. The Labute approximate surface area is 126 Å². The molecule has 0 radical (unpaired) electrons. The summed E-state index contributed by atoms with van der Waals surface area (Å²) in [6.45, 7) is 0. The van der Waals surface area contributed by atoms with Gasteiger partial charge in [0.05, 0.1) is 5.69 Å². The molecule has 23 heavy (non-hydrogen) atoms. The zero-order chi connectivity index (χ0) is 16.8. The SMILES string of the molecule is Cn1cc(-c2ccc(F)cc2F)nc1-c1cc(C(F)(F)F)[nH]n1. The number of benzene rings is 1. The van der Waals surface area contributed by atoms with Crippen LogP contribution in [0.15, 0.2) is 30.5 Å². The van der Waals surface area contributed by atoms with Crippen LogP contribution in [0.5, 0.6) is 0 Å². The van der Waals surface area contributed by atoms with Crippen LogP contribution in [0.25, 0.3) is 22.8 Å². The molecule has 4 nitrogen and oxygen atoms in total. The Balaban J connectivity index is 2.03. The molecule has 0 fully saturated rings. The minimum atomic E-state index is -4.55. The second-order valence-electron chi connectivity index (χ2n) is 4.85. The van der Waals surface area contributed by atoms with Crippen molar-refractivity contribution in [3.63, 3.8) is 0 Å². The molecule has 0 amide bonds. The third-order valence-electron chi connectivity index (χ3n) is 3.20. The first-order valence-electron chi connectivity index (χ1n) is 6.37. The maximum absolute atomic E-state index is 13.8. The van der Waals surface area contributed by atoms with E-state index in [4.69, 9.17) is 0 Å². The summed E-state index contributed by atoms with van der Waals surface area (Å²) in [4.78, 5) is 4.09. The Bertz CT molecular complexity index is 862. The molecule has 2 aromatic heterocycles. The average molecular weight is 328 g/mol. The summed E-state index contributed by atoms with van der Waals surface area (Å²) in [5, 5.41) is 5.46. The van der Waals surface area contributed by atoms with Gasteiger partial charge in [0.25, 0.3) is 0 Å². The van der Waals surface area contributed by atoms with Gasteiger partial charge in [-0.15, -0.1) is 0 Å². The molecule has 2 heterocycles. The highest BCUT2D eigenvalue weighted by Crippen LogP contribution is 2.31. The monoisotopic (exact) mass is 328 g/mol. The molecular formula is C14H9F5N4. The predicted octanol–water partition coefficient (Wildman–Crippen LogP) is 3.77. The quantitative estimate of drug-likeness (QED) is 0.728. The highest BCUT2D eigenvalue weighted by molar-refractivity contribution is 5.64. The van der Waals surface area contributed by atoms with Crippen LogP contribution < -0.4 is 0 Å². The molecule has 0 aliphatic carbocycles. The molecule has 0 unspecified atom stereocenters. The molecule has 9 heteroatoms. The summed E-state index contributed by atoms with van der Waals surface area (Å²) >= 11 is 0. The van der Waals surface area contributed by atoms with Crippen molar-refractivity contribution in [3.05, 3.63) is 47.8 Å². The number of aryl methyl sites for hydroxylation is 1. The van der Waals surface area contributed by atoms with Crippen LogP contribution in [0.3, 0.4) is 0 Å². The largest absolute Gasteiger partial charge is 0.432 e. The minimum absolute atomic E-state index is 0.0337. The molecule has 0 atom stereocenters. The Hall–Kier alpha value is -2.71. The number of hydrogen-bond donors (Lipinski definition) is 1. The van der Waals surface area contributed by atoms with E-state index in [0.29, 0.717) is 6.07 Å². The first kappa shape index (κ1) is 15.2. The van der Waals surface area contributed by atoms with Gasteiger partial charge in [0.2, 0.25) is 0 Å². The van der Waals surface area contributed by atoms with E-state index in [1.807, 2.05) is 5.10 Å². The van der Waals surface area contributed by atoms with E-state index in [2.05, 4.69) is 10.1 Å². The zero-order valence-corrected chi connectivity index (χ0v) is 11.6. The van der Waals surface area contributed by atoms with E-state index in [1.54, 1.807) is 0 Å². The van der Waals surface area contributed by atoms with Crippen molar-refractivity contribution < 1.29 is 22.0 Å². The summed E-state index contributed by atoms with van der Waals surface area (Å²) in [6.07, 6.45) is -3.13. The summed E-state index contributed by atoms with van der Waals surface area (Å²) in [6, 6.07) is 3.80. The number of nitrogens with one attached hydrogen (secondary N) is 1. The third kappa shape index (κ3) is 2.81. The molecule has 0 spiro atoms. The standard InChI is InChI=1S/C14H9F5N4/c1-23-6-11(8-3-2-7(15)4-9(8)16)20-13(23)10-5-12(22-21-10)14(17,18)19/h2-6H,1H3,(H,21,22). The Kier molecular flexibility index (Phi) is 3.42. The number of halogens is 5. The molecule has 0 saturated carbocycles. The van der Waals surface area contributed by atoms with E-state index in [1.165, 1.54) is 23.9 Å². The molecule has 3 aromatic rings. The predicted molar refractivity (Wildman–Crippen MR) is 71.1 cm³/mol. The van der Waals surface area contributed by atoms with Gasteiger partial charge < -0.3 is 4.57 Å². The van der Waals surface area contributed by atoms with Crippen molar-refractivity contribution in [2.45, 2.75) is 6.18 Å². The highest BCUT2D eigenvalue weighted by atomic mass is 19.4. The summed E-state index contributed by atoms with van der Waals surface area (Å²) in [7, 11) is 1.54. The summed E-state index contributed by atoms with van der Waals surface area (Å²) in [5.41, 5.74) is -0.838. The van der Waals surface area contributed by atoms with Gasteiger partial charge in [-0.2, -0.15) is 18.3 Å². The van der Waals surface area contributed by atoms with Gasteiger partial charge in [0.1, 0.15) is 23.0 Å². The van der Waals surface area contributed by atoms with Crippen LogP contribution in [0, 0.1) is 11.6 Å². The maximum Gasteiger partial charge on any atom is 0.432 e. The lowest BCUT2D eigenvalue weighted by molar-refractivity contribution is -0.141. The van der Waals surface area contributed by atoms with Crippen molar-refractivity contribution >= 4 is 0 Å². The van der Waals surface area contributed by atoms with E-state index >= 15 is 0 Å². The fourth-order valence-corrected chi connectivity index (χ4v) is 2.11. The topological polar surface area (TPSA) is 46.5 Å². The van der Waals surface area contributed by atoms with E-state index in [-0.39, 0.29) is 22.8 Å². The van der Waals surface area contributed by atoms with Crippen LogP contribution in [-0.2, 0) is 13.2 Å². The second-order valence-corrected chi connectivity index (χ2v) is 4.85. The number of imidazole rings is 1. The average Bonchev–Trinajstić information content (AvgIpc) is 3.04. The molecular weight excluding hydrogens is 319 g/mol. The smallest absolute Gasteiger partial charge is 0.332 e. The van der Waals surface area contributed by atoms with Crippen LogP contribution in [0.4, 0.5) is 22.0 Å². The fraction of sp³-hybridized carbons (Fsp3) is 0.143. The van der Waals surface area contributed by atoms with Gasteiger partial charge in [-0.3, -0.25) is 5.10 Å². The molecule has 0 saturated heterocycles. The summed E-state index contributed by atoms with van der Waals surface area (Å²) < 4.78 is 65.9. The van der Waals surface area contributed by atoms with Crippen LogP contribution in [-0.4, -0.2) is 19.7 Å². The van der Waals surface area contributed by atoms with Crippen molar-refractivity contribution in [1.82, 2.24) is 19.7 Å². The molecule has 0 bridgehead atoms. The van der Waals surface area contributed by atoms with E-state index in [0.717, 1.165) is 12.1 Å². The van der Waals surface area contributed by atoms with Crippen LogP contribution in [0.1, 0.15) is 5.69 Å². The van der Waals surface area contributed by atoms with Crippen LogP contribution in [0.2, 0.25) is 0 Å². The Morgan fingerprint density at radius 2 is 1.83 bits per heavy atom. The maximum atomic E-state index is 13.8. The van der Waals surface area contributed by atoms with Gasteiger partial charge in [-0.05, 0) is 18.2 Å². The number of nitrogens with zero attached hydrogens (tertiary/aromatic N) is 3. The second kappa shape index (κ2) is 5.18. The van der Waals surface area contributed by atoms with Crippen molar-refractivity contribution in [1.29, 1.82) is 0 Å². The van der Waals surface area contributed by atoms with E-state index in [9.17, 15) is 22.0 Å². The van der Waals surface area contributed by atoms with Crippen molar-refractivity contribution in [3.8, 4) is 22.8 Å². The Morgan fingerprint density at radius 3 is 2.43 bits per heavy atom. The van der Waals surface area contributed by atoms with Gasteiger partial charge in [0.15, 0.2) is 5.82 Å². The van der Waals surface area contributed by atoms with Gasteiger partial charge in [-0.1, -0.05) is 0 Å².